The van der Waals surface area contributed by atoms with Crippen LogP contribution in [0.5, 0.6) is 11.5 Å². The van der Waals surface area contributed by atoms with Crippen LogP contribution in [0.25, 0.3) is 0 Å². The first kappa shape index (κ1) is 32.1. The Morgan fingerprint density at radius 3 is 1.23 bits per heavy atom. The van der Waals surface area contributed by atoms with Gasteiger partial charge in [0.25, 0.3) is 0 Å². The van der Waals surface area contributed by atoms with Crippen molar-refractivity contribution >= 4 is 11.9 Å². The van der Waals surface area contributed by atoms with Gasteiger partial charge in [0.1, 0.15) is 37.9 Å². The minimum atomic E-state index is -0.219. The van der Waals surface area contributed by atoms with E-state index in [1.165, 1.54) is 11.1 Å². The number of ether oxygens (including phenoxy) is 6. The molecule has 0 amide bonds. The Hall–Kier alpha value is -3.10. The summed E-state index contributed by atoms with van der Waals surface area (Å²) in [4.78, 5) is 22.8. The van der Waals surface area contributed by atoms with E-state index < -0.39 is 0 Å². The predicted octanol–water partition coefficient (Wildman–Crippen LogP) is 5.20. The third-order valence-corrected chi connectivity index (χ3v) is 6.03. The molecule has 2 aromatic carbocycles. The second-order valence-corrected chi connectivity index (χ2v) is 10.2. The van der Waals surface area contributed by atoms with Gasteiger partial charge in [-0.15, -0.1) is 0 Å². The first-order valence-corrected chi connectivity index (χ1v) is 13.6. The van der Waals surface area contributed by atoms with E-state index in [0.717, 1.165) is 11.5 Å². The van der Waals surface area contributed by atoms with E-state index in [2.05, 4.69) is 38.1 Å². The van der Waals surface area contributed by atoms with Gasteiger partial charge in [0.05, 0.1) is 38.3 Å². The van der Waals surface area contributed by atoms with Gasteiger partial charge in [0.2, 0.25) is 0 Å². The van der Waals surface area contributed by atoms with Crippen molar-refractivity contribution in [1.82, 2.24) is 0 Å². The number of esters is 2. The first-order valence-electron chi connectivity index (χ1n) is 13.6. The highest BCUT2D eigenvalue weighted by molar-refractivity contribution is 5.71. The summed E-state index contributed by atoms with van der Waals surface area (Å²) in [6, 6.07) is 16.1. The molecule has 0 saturated carbocycles. The highest BCUT2D eigenvalue weighted by atomic mass is 16.6. The number of hydrogen-bond acceptors (Lipinski definition) is 8. The van der Waals surface area contributed by atoms with Crippen LogP contribution in [0.4, 0.5) is 0 Å². The van der Waals surface area contributed by atoms with Gasteiger partial charge < -0.3 is 28.4 Å². The summed E-state index contributed by atoms with van der Waals surface area (Å²) in [5, 5.41) is 0. The van der Waals surface area contributed by atoms with Crippen molar-refractivity contribution in [3.05, 3.63) is 59.7 Å². The molecule has 0 spiro atoms. The van der Waals surface area contributed by atoms with Crippen molar-refractivity contribution < 1.29 is 38.0 Å². The molecule has 0 saturated heterocycles. The summed E-state index contributed by atoms with van der Waals surface area (Å²) in [5.41, 5.74) is 2.13. The quantitative estimate of drug-likeness (QED) is 0.187. The normalized spacial score (nSPS) is 11.5. The largest absolute Gasteiger partial charge is 0.491 e. The molecular weight excluding hydrogens is 500 g/mol. The maximum Gasteiger partial charge on any atom is 0.308 e. The number of hydrogen-bond donors (Lipinski definition) is 0. The average molecular weight is 545 g/mol. The monoisotopic (exact) mass is 544 g/mol. The highest BCUT2D eigenvalue weighted by Gasteiger charge is 2.23. The molecular formula is C31H44O8. The van der Waals surface area contributed by atoms with Gasteiger partial charge in [-0.3, -0.25) is 9.59 Å². The maximum absolute atomic E-state index is 11.4. The molecule has 39 heavy (non-hydrogen) atoms. The van der Waals surface area contributed by atoms with Crippen LogP contribution in [0.1, 0.15) is 52.7 Å². The molecule has 0 aliphatic rings. The summed E-state index contributed by atoms with van der Waals surface area (Å²) in [5.74, 6) is 0.840. The van der Waals surface area contributed by atoms with E-state index in [4.69, 9.17) is 28.4 Å². The molecule has 2 aromatic rings. The van der Waals surface area contributed by atoms with Crippen LogP contribution in [-0.4, -0.2) is 64.8 Å². The smallest absolute Gasteiger partial charge is 0.308 e. The molecule has 216 valence electrons. The van der Waals surface area contributed by atoms with Gasteiger partial charge in [0.15, 0.2) is 0 Å². The van der Waals surface area contributed by atoms with Crippen LogP contribution < -0.4 is 9.47 Å². The highest BCUT2D eigenvalue weighted by Crippen LogP contribution is 2.33. The maximum atomic E-state index is 11.4. The Morgan fingerprint density at radius 1 is 0.564 bits per heavy atom. The molecule has 0 bridgehead atoms. The lowest BCUT2D eigenvalue weighted by Gasteiger charge is -2.26. The fraction of sp³-hybridized carbons (Fsp3) is 0.548. The molecule has 0 heterocycles. The van der Waals surface area contributed by atoms with Crippen LogP contribution in [-0.2, 0) is 34.0 Å². The van der Waals surface area contributed by atoms with Crippen LogP contribution in [0.3, 0.4) is 0 Å². The van der Waals surface area contributed by atoms with E-state index in [9.17, 15) is 9.59 Å². The van der Waals surface area contributed by atoms with Gasteiger partial charge in [0, 0.05) is 5.41 Å². The summed E-state index contributed by atoms with van der Waals surface area (Å²) >= 11 is 0. The predicted molar refractivity (Wildman–Crippen MR) is 149 cm³/mol. The van der Waals surface area contributed by atoms with E-state index in [1.807, 2.05) is 24.3 Å². The van der Waals surface area contributed by atoms with Crippen LogP contribution >= 0.6 is 0 Å². The molecule has 0 aliphatic carbocycles. The number of rotatable bonds is 18. The lowest BCUT2D eigenvalue weighted by molar-refractivity contribution is -0.149. The number of benzene rings is 2. The minimum Gasteiger partial charge on any atom is -0.491 e. The van der Waals surface area contributed by atoms with Crippen molar-refractivity contribution in [3.63, 3.8) is 0 Å². The van der Waals surface area contributed by atoms with Crippen molar-refractivity contribution in [1.29, 1.82) is 0 Å². The zero-order valence-electron chi connectivity index (χ0n) is 24.2. The molecule has 8 nitrogen and oxygen atoms in total. The number of carbonyl (C=O) groups excluding carboxylic acids is 2. The standard InChI is InChI=1S/C31H44O8/c1-23(2)29(32)38-21-17-34-15-19-36-27-11-7-25(8-12-27)31(5,6)26-9-13-28(14-10-26)37-20-16-35-18-22-39-30(33)24(3)4/h7-14,23-24H,15-22H2,1-6H3. The van der Waals surface area contributed by atoms with Crippen LogP contribution in [0, 0.1) is 11.8 Å². The Kier molecular flexibility index (Phi) is 13.8. The van der Waals surface area contributed by atoms with Gasteiger partial charge in [-0.25, -0.2) is 0 Å². The van der Waals surface area contributed by atoms with Gasteiger partial charge in [-0.2, -0.15) is 0 Å². The Labute approximate surface area is 232 Å². The lowest BCUT2D eigenvalue weighted by Crippen LogP contribution is -2.19. The Morgan fingerprint density at radius 2 is 0.897 bits per heavy atom. The first-order chi connectivity index (χ1) is 18.6. The molecule has 0 aromatic heterocycles. The average Bonchev–Trinajstić information content (AvgIpc) is 2.92. The molecule has 8 heteroatoms. The van der Waals surface area contributed by atoms with E-state index in [0.29, 0.717) is 39.6 Å². The second kappa shape index (κ2) is 16.8. The summed E-state index contributed by atoms with van der Waals surface area (Å²) < 4.78 is 32.6. The van der Waals surface area contributed by atoms with E-state index in [1.54, 1.807) is 27.7 Å². The molecule has 0 radical (unpaired) electrons. The molecule has 0 fully saturated rings. The third-order valence-electron chi connectivity index (χ3n) is 6.03. The van der Waals surface area contributed by atoms with Crippen molar-refractivity contribution in [2.24, 2.45) is 11.8 Å². The minimum absolute atomic E-state index is 0.132. The fourth-order valence-electron chi connectivity index (χ4n) is 3.48. The van der Waals surface area contributed by atoms with Crippen molar-refractivity contribution in [2.75, 3.05) is 52.9 Å². The lowest BCUT2D eigenvalue weighted by atomic mass is 9.78. The topological polar surface area (TPSA) is 89.5 Å². The zero-order chi connectivity index (χ0) is 28.7. The Balaban J connectivity index is 1.69. The summed E-state index contributed by atoms with van der Waals surface area (Å²) in [7, 11) is 0. The van der Waals surface area contributed by atoms with Crippen molar-refractivity contribution in [3.8, 4) is 11.5 Å². The fourth-order valence-corrected chi connectivity index (χ4v) is 3.48. The van der Waals surface area contributed by atoms with Gasteiger partial charge in [-0.05, 0) is 35.4 Å². The molecule has 0 N–H and O–H groups in total. The summed E-state index contributed by atoms with van der Waals surface area (Å²) in [6.07, 6.45) is 0. The van der Waals surface area contributed by atoms with E-state index >= 15 is 0 Å². The molecule has 0 aliphatic heterocycles. The number of carbonyl (C=O) groups is 2. The van der Waals surface area contributed by atoms with Gasteiger partial charge >= 0.3 is 11.9 Å². The van der Waals surface area contributed by atoms with E-state index in [-0.39, 0.29) is 42.4 Å². The molecule has 0 unspecified atom stereocenters. The van der Waals surface area contributed by atoms with Gasteiger partial charge in [-0.1, -0.05) is 65.8 Å². The molecule has 0 atom stereocenters. The zero-order valence-corrected chi connectivity index (χ0v) is 24.2. The Bertz CT molecular complexity index is 901. The van der Waals surface area contributed by atoms with Crippen LogP contribution in [0.2, 0.25) is 0 Å². The van der Waals surface area contributed by atoms with Crippen LogP contribution in [0.15, 0.2) is 48.5 Å². The molecule has 2 rings (SSSR count). The third kappa shape index (κ3) is 11.7. The summed E-state index contributed by atoms with van der Waals surface area (Å²) in [6.45, 7) is 14.4. The van der Waals surface area contributed by atoms with Crippen molar-refractivity contribution in [2.45, 2.75) is 47.0 Å². The SMILES string of the molecule is CC(C)C(=O)OCCOCCOc1ccc(C(C)(C)c2ccc(OCCOCCOC(=O)C(C)C)cc2)cc1. The second-order valence-electron chi connectivity index (χ2n) is 10.2.